The number of para-hydroxylation sites is 2. The maximum absolute atomic E-state index is 13.0. The average molecular weight is 462 g/mol. The van der Waals surface area contributed by atoms with Gasteiger partial charge in [0.25, 0.3) is 11.8 Å². The summed E-state index contributed by atoms with van der Waals surface area (Å²) in [5.41, 5.74) is 15.1. The van der Waals surface area contributed by atoms with E-state index >= 15 is 0 Å². The number of nitrogens with zero attached hydrogens (tertiary/aromatic N) is 1. The lowest BCUT2D eigenvalue weighted by Crippen LogP contribution is -2.23. The van der Waals surface area contributed by atoms with Crippen LogP contribution in [-0.2, 0) is 13.1 Å². The van der Waals surface area contributed by atoms with Crippen LogP contribution in [0.4, 0.5) is 11.4 Å². The highest BCUT2D eigenvalue weighted by molar-refractivity contribution is 6.05. The highest BCUT2D eigenvalue weighted by atomic mass is 16.2. The Hall–Kier alpha value is -4.38. The summed E-state index contributed by atoms with van der Waals surface area (Å²) in [6, 6.07) is 27.1. The first-order valence-electron chi connectivity index (χ1n) is 11.6. The highest BCUT2D eigenvalue weighted by Gasteiger charge is 2.27. The van der Waals surface area contributed by atoms with Crippen LogP contribution < -0.4 is 11.1 Å². The lowest BCUT2D eigenvalue weighted by atomic mass is 9.97. The summed E-state index contributed by atoms with van der Waals surface area (Å²) in [6.07, 6.45) is 0. The van der Waals surface area contributed by atoms with E-state index in [1.807, 2.05) is 41.3 Å². The van der Waals surface area contributed by atoms with Crippen molar-refractivity contribution in [1.82, 2.24) is 4.90 Å². The molecule has 3 N–H and O–H groups in total. The molecule has 0 aliphatic carbocycles. The van der Waals surface area contributed by atoms with E-state index in [2.05, 4.69) is 43.4 Å². The van der Waals surface area contributed by atoms with Gasteiger partial charge in [0, 0.05) is 24.2 Å². The molecule has 0 atom stereocenters. The van der Waals surface area contributed by atoms with E-state index in [-0.39, 0.29) is 11.8 Å². The number of benzene rings is 4. The Morgan fingerprint density at radius 1 is 0.886 bits per heavy atom. The Labute approximate surface area is 205 Å². The van der Waals surface area contributed by atoms with Gasteiger partial charge < -0.3 is 16.0 Å². The number of hydrogen-bond acceptors (Lipinski definition) is 3. The van der Waals surface area contributed by atoms with Crippen LogP contribution >= 0.6 is 0 Å². The van der Waals surface area contributed by atoms with Gasteiger partial charge in [0.1, 0.15) is 0 Å². The predicted octanol–water partition coefficient (Wildman–Crippen LogP) is 5.96. The lowest BCUT2D eigenvalue weighted by Gasteiger charge is -2.16. The minimum Gasteiger partial charge on any atom is -0.397 e. The third-order valence-electron chi connectivity index (χ3n) is 6.34. The van der Waals surface area contributed by atoms with E-state index in [1.165, 1.54) is 16.7 Å². The third kappa shape index (κ3) is 4.66. The van der Waals surface area contributed by atoms with Gasteiger partial charge in [-0.05, 0) is 72.5 Å². The molecule has 0 saturated carbocycles. The van der Waals surface area contributed by atoms with Gasteiger partial charge in [-0.1, -0.05) is 59.7 Å². The number of fused-ring (bicyclic) bond motifs is 1. The number of nitrogen functional groups attached to an aromatic ring is 1. The molecule has 0 bridgehead atoms. The summed E-state index contributed by atoms with van der Waals surface area (Å²) in [4.78, 5) is 27.4. The molecule has 1 heterocycles. The Morgan fingerprint density at radius 2 is 1.60 bits per heavy atom. The second-order valence-electron chi connectivity index (χ2n) is 9.15. The number of aryl methyl sites for hydroxylation is 2. The van der Waals surface area contributed by atoms with Crippen LogP contribution in [0.1, 0.15) is 43.0 Å². The minimum atomic E-state index is -0.224. The summed E-state index contributed by atoms with van der Waals surface area (Å²) in [5.74, 6) is -0.189. The van der Waals surface area contributed by atoms with Crippen molar-refractivity contribution in [2.45, 2.75) is 26.9 Å². The number of nitrogens with two attached hydrogens (primary N) is 1. The van der Waals surface area contributed by atoms with Crippen molar-refractivity contribution in [1.29, 1.82) is 0 Å². The number of anilines is 2. The van der Waals surface area contributed by atoms with Gasteiger partial charge >= 0.3 is 0 Å². The summed E-state index contributed by atoms with van der Waals surface area (Å²) in [5, 5.41) is 2.84. The van der Waals surface area contributed by atoms with Gasteiger partial charge in [-0.15, -0.1) is 0 Å². The zero-order valence-corrected chi connectivity index (χ0v) is 19.8. The van der Waals surface area contributed by atoms with E-state index in [9.17, 15) is 9.59 Å². The summed E-state index contributed by atoms with van der Waals surface area (Å²) in [6.45, 7) is 5.25. The van der Waals surface area contributed by atoms with Crippen LogP contribution in [-0.4, -0.2) is 16.7 Å². The molecule has 1 aliphatic heterocycles. The number of rotatable bonds is 5. The SMILES string of the molecule is Cc1cc(C)cc(-c2ccc3c(c2)CN(Cc2ccc(C(=O)Nc4ccccc4N)cc2)C3=O)c1. The van der Waals surface area contributed by atoms with Crippen molar-refractivity contribution in [3.8, 4) is 11.1 Å². The molecule has 0 fully saturated rings. The fraction of sp³-hybridized carbons (Fsp3) is 0.133. The molecular weight excluding hydrogens is 434 g/mol. The monoisotopic (exact) mass is 461 g/mol. The van der Waals surface area contributed by atoms with Gasteiger partial charge in [0.15, 0.2) is 0 Å². The first-order valence-corrected chi connectivity index (χ1v) is 11.6. The number of carbonyl (C=O) groups excluding carboxylic acids is 2. The number of hydrogen-bond donors (Lipinski definition) is 2. The smallest absolute Gasteiger partial charge is 0.255 e. The molecule has 5 heteroatoms. The topological polar surface area (TPSA) is 75.4 Å². The Morgan fingerprint density at radius 3 is 2.31 bits per heavy atom. The molecule has 0 saturated heterocycles. The first-order chi connectivity index (χ1) is 16.9. The Balaban J connectivity index is 1.28. The highest BCUT2D eigenvalue weighted by Crippen LogP contribution is 2.30. The molecule has 5 nitrogen and oxygen atoms in total. The molecular formula is C30H27N3O2. The van der Waals surface area contributed by atoms with E-state index in [0.717, 1.165) is 22.3 Å². The van der Waals surface area contributed by atoms with Crippen molar-refractivity contribution in [3.63, 3.8) is 0 Å². The molecule has 4 aromatic rings. The fourth-order valence-corrected chi connectivity index (χ4v) is 4.62. The molecule has 4 aromatic carbocycles. The van der Waals surface area contributed by atoms with Gasteiger partial charge in [-0.2, -0.15) is 0 Å². The van der Waals surface area contributed by atoms with Crippen LogP contribution in [0.25, 0.3) is 11.1 Å². The summed E-state index contributed by atoms with van der Waals surface area (Å²) < 4.78 is 0. The Bertz CT molecular complexity index is 1420. The van der Waals surface area contributed by atoms with Gasteiger partial charge in [0.05, 0.1) is 11.4 Å². The molecule has 174 valence electrons. The third-order valence-corrected chi connectivity index (χ3v) is 6.34. The molecule has 0 unspecified atom stereocenters. The fourth-order valence-electron chi connectivity index (χ4n) is 4.62. The predicted molar refractivity (Wildman–Crippen MR) is 140 cm³/mol. The van der Waals surface area contributed by atoms with Gasteiger partial charge in [-0.3, -0.25) is 9.59 Å². The molecule has 2 amide bonds. The molecule has 1 aliphatic rings. The number of nitrogens with one attached hydrogen (secondary N) is 1. The molecule has 0 aromatic heterocycles. The maximum atomic E-state index is 13.0. The second kappa shape index (κ2) is 9.11. The van der Waals surface area contributed by atoms with Crippen LogP contribution in [0.3, 0.4) is 0 Å². The van der Waals surface area contributed by atoms with Crippen LogP contribution in [0.2, 0.25) is 0 Å². The van der Waals surface area contributed by atoms with Crippen molar-refractivity contribution in [2.24, 2.45) is 0 Å². The van der Waals surface area contributed by atoms with E-state index in [1.54, 1.807) is 24.3 Å². The van der Waals surface area contributed by atoms with Crippen molar-refractivity contribution < 1.29 is 9.59 Å². The van der Waals surface area contributed by atoms with E-state index in [0.29, 0.717) is 30.0 Å². The lowest BCUT2D eigenvalue weighted by molar-refractivity contribution is 0.0766. The quantitative estimate of drug-likeness (QED) is 0.360. The maximum Gasteiger partial charge on any atom is 0.255 e. The van der Waals surface area contributed by atoms with Crippen LogP contribution in [0.5, 0.6) is 0 Å². The van der Waals surface area contributed by atoms with E-state index in [4.69, 9.17) is 5.73 Å². The van der Waals surface area contributed by atoms with Crippen LogP contribution in [0, 0.1) is 13.8 Å². The summed E-state index contributed by atoms with van der Waals surface area (Å²) in [7, 11) is 0. The average Bonchev–Trinajstić information content (AvgIpc) is 3.14. The largest absolute Gasteiger partial charge is 0.397 e. The van der Waals surface area contributed by atoms with E-state index < -0.39 is 0 Å². The zero-order valence-electron chi connectivity index (χ0n) is 19.8. The second-order valence-corrected chi connectivity index (χ2v) is 9.15. The summed E-state index contributed by atoms with van der Waals surface area (Å²) >= 11 is 0. The van der Waals surface area contributed by atoms with Crippen molar-refractivity contribution >= 4 is 23.2 Å². The molecule has 0 radical (unpaired) electrons. The number of carbonyl (C=O) groups is 2. The molecule has 35 heavy (non-hydrogen) atoms. The molecule has 5 rings (SSSR count). The van der Waals surface area contributed by atoms with Crippen molar-refractivity contribution in [3.05, 3.63) is 118 Å². The first kappa shape index (κ1) is 22.4. The van der Waals surface area contributed by atoms with Gasteiger partial charge in [-0.25, -0.2) is 0 Å². The normalized spacial score (nSPS) is 12.5. The molecule has 0 spiro atoms. The van der Waals surface area contributed by atoms with Crippen molar-refractivity contribution in [2.75, 3.05) is 11.1 Å². The van der Waals surface area contributed by atoms with Gasteiger partial charge in [0.2, 0.25) is 0 Å². The Kier molecular flexibility index (Phi) is 5.83. The standard InChI is InChI=1S/C30H27N3O2/c1-19-13-20(2)15-24(14-19)23-11-12-26-25(16-23)18-33(30(26)35)17-21-7-9-22(10-8-21)29(34)32-28-6-4-3-5-27(28)31/h3-16H,17-18,31H2,1-2H3,(H,32,34). The minimum absolute atomic E-state index is 0.0355. The number of amides is 2. The zero-order chi connectivity index (χ0) is 24.5. The van der Waals surface area contributed by atoms with Crippen LogP contribution in [0.15, 0.2) is 84.9 Å².